The number of halogens is 2. The van der Waals surface area contributed by atoms with Gasteiger partial charge in [-0.15, -0.1) is 0 Å². The minimum absolute atomic E-state index is 0.0452. The highest BCUT2D eigenvalue weighted by molar-refractivity contribution is 7.80. The SMILES string of the molecule is CCN1C(=S)N[C@@H](c2ccccn2)[C@@H]1c1cccn1-c1ccc(F)c(Cl)c1. The van der Waals surface area contributed by atoms with Crippen molar-refractivity contribution in [3.8, 4) is 5.69 Å². The lowest BCUT2D eigenvalue weighted by molar-refractivity contribution is 0.321. The van der Waals surface area contributed by atoms with Crippen LogP contribution in [0.25, 0.3) is 5.69 Å². The second kappa shape index (κ2) is 7.29. The van der Waals surface area contributed by atoms with Crippen molar-refractivity contribution in [1.82, 2.24) is 19.8 Å². The van der Waals surface area contributed by atoms with Crippen molar-refractivity contribution in [2.45, 2.75) is 19.0 Å². The van der Waals surface area contributed by atoms with Crippen molar-refractivity contribution in [2.75, 3.05) is 6.54 Å². The Bertz CT molecular complexity index is 975. The number of nitrogens with one attached hydrogen (secondary N) is 1. The number of nitrogens with zero attached hydrogens (tertiary/aromatic N) is 3. The largest absolute Gasteiger partial charge is 0.352 e. The molecule has 2 atom stereocenters. The molecule has 0 saturated carbocycles. The van der Waals surface area contributed by atoms with Crippen LogP contribution in [-0.2, 0) is 0 Å². The number of hydrogen-bond donors (Lipinski definition) is 1. The maximum Gasteiger partial charge on any atom is 0.170 e. The van der Waals surface area contributed by atoms with E-state index in [9.17, 15) is 4.39 Å². The van der Waals surface area contributed by atoms with Crippen LogP contribution in [-0.4, -0.2) is 26.1 Å². The minimum atomic E-state index is -0.431. The molecule has 4 nitrogen and oxygen atoms in total. The summed E-state index contributed by atoms with van der Waals surface area (Å²) in [7, 11) is 0. The molecular weight excluding hydrogens is 383 g/mol. The molecule has 1 aromatic carbocycles. The van der Waals surface area contributed by atoms with Crippen LogP contribution in [0.2, 0.25) is 5.02 Å². The molecule has 7 heteroatoms. The molecule has 0 aliphatic carbocycles. The van der Waals surface area contributed by atoms with Crippen molar-refractivity contribution in [2.24, 2.45) is 0 Å². The van der Waals surface area contributed by atoms with Crippen molar-refractivity contribution < 1.29 is 4.39 Å². The summed E-state index contributed by atoms with van der Waals surface area (Å²) < 4.78 is 15.6. The van der Waals surface area contributed by atoms with Crippen LogP contribution < -0.4 is 5.32 Å². The predicted molar refractivity (Wildman–Crippen MR) is 109 cm³/mol. The van der Waals surface area contributed by atoms with Crippen LogP contribution in [0.5, 0.6) is 0 Å². The van der Waals surface area contributed by atoms with Crippen LogP contribution in [0.3, 0.4) is 0 Å². The van der Waals surface area contributed by atoms with Gasteiger partial charge >= 0.3 is 0 Å². The fourth-order valence-electron chi connectivity index (χ4n) is 3.57. The lowest BCUT2D eigenvalue weighted by Gasteiger charge is -2.28. The first-order valence-electron chi connectivity index (χ1n) is 8.71. The molecule has 1 saturated heterocycles. The number of likely N-dealkylation sites (N-methyl/N-ethyl adjacent to an activating group) is 1. The summed E-state index contributed by atoms with van der Waals surface area (Å²) in [6, 6.07) is 14.5. The lowest BCUT2D eigenvalue weighted by Crippen LogP contribution is -2.30. The van der Waals surface area contributed by atoms with Crippen LogP contribution in [0.15, 0.2) is 60.9 Å². The molecule has 1 aliphatic heterocycles. The van der Waals surface area contributed by atoms with E-state index in [1.54, 1.807) is 18.3 Å². The fraction of sp³-hybridized carbons (Fsp3) is 0.200. The number of pyridine rings is 1. The van der Waals surface area contributed by atoms with E-state index in [1.165, 1.54) is 6.07 Å². The third-order valence-electron chi connectivity index (χ3n) is 4.80. The quantitative estimate of drug-likeness (QED) is 0.646. The van der Waals surface area contributed by atoms with Crippen LogP contribution in [0.1, 0.15) is 30.4 Å². The number of thiocarbonyl (C=S) groups is 1. The second-order valence-electron chi connectivity index (χ2n) is 6.31. The summed E-state index contributed by atoms with van der Waals surface area (Å²) in [5.74, 6) is -0.431. The molecule has 138 valence electrons. The Morgan fingerprint density at radius 1 is 1.22 bits per heavy atom. The van der Waals surface area contributed by atoms with Gasteiger partial charge in [-0.3, -0.25) is 4.98 Å². The van der Waals surface area contributed by atoms with Gasteiger partial charge in [-0.05, 0) is 61.6 Å². The lowest BCUT2D eigenvalue weighted by atomic mass is 10.0. The van der Waals surface area contributed by atoms with Gasteiger partial charge in [-0.1, -0.05) is 17.7 Å². The number of benzene rings is 1. The van der Waals surface area contributed by atoms with Gasteiger partial charge in [0.25, 0.3) is 0 Å². The van der Waals surface area contributed by atoms with Crippen molar-refractivity contribution in [3.63, 3.8) is 0 Å². The van der Waals surface area contributed by atoms with E-state index in [0.29, 0.717) is 5.11 Å². The summed E-state index contributed by atoms with van der Waals surface area (Å²) in [6.07, 6.45) is 3.73. The van der Waals surface area contributed by atoms with E-state index in [-0.39, 0.29) is 17.1 Å². The third-order valence-corrected chi connectivity index (χ3v) is 5.45. The van der Waals surface area contributed by atoms with Crippen LogP contribution >= 0.6 is 23.8 Å². The molecule has 0 spiro atoms. The monoisotopic (exact) mass is 400 g/mol. The highest BCUT2D eigenvalue weighted by Crippen LogP contribution is 2.39. The first-order chi connectivity index (χ1) is 13.1. The zero-order chi connectivity index (χ0) is 19.0. The zero-order valence-electron chi connectivity index (χ0n) is 14.6. The van der Waals surface area contributed by atoms with E-state index >= 15 is 0 Å². The molecular formula is C20H18ClFN4S. The van der Waals surface area contributed by atoms with Gasteiger partial charge < -0.3 is 14.8 Å². The third kappa shape index (κ3) is 3.19. The van der Waals surface area contributed by atoms with E-state index in [4.69, 9.17) is 23.8 Å². The van der Waals surface area contributed by atoms with Crippen LogP contribution in [0, 0.1) is 5.82 Å². The predicted octanol–water partition coefficient (Wildman–Crippen LogP) is 4.66. The maximum atomic E-state index is 13.6. The number of aromatic nitrogens is 2. The smallest absolute Gasteiger partial charge is 0.170 e. The van der Waals surface area contributed by atoms with Gasteiger partial charge in [0, 0.05) is 30.3 Å². The molecule has 0 amide bonds. The Hall–Kier alpha value is -2.44. The van der Waals surface area contributed by atoms with E-state index < -0.39 is 5.82 Å². The highest BCUT2D eigenvalue weighted by Gasteiger charge is 2.40. The molecule has 3 heterocycles. The van der Waals surface area contributed by atoms with Crippen molar-refractivity contribution in [3.05, 3.63) is 83.2 Å². The van der Waals surface area contributed by atoms with Gasteiger partial charge in [0.05, 0.1) is 22.8 Å². The topological polar surface area (TPSA) is 33.1 Å². The molecule has 3 aromatic rings. The van der Waals surface area contributed by atoms with E-state index in [0.717, 1.165) is 23.6 Å². The molecule has 0 bridgehead atoms. The molecule has 1 N–H and O–H groups in total. The summed E-state index contributed by atoms with van der Waals surface area (Å²) in [6.45, 7) is 2.83. The Morgan fingerprint density at radius 2 is 2.07 bits per heavy atom. The zero-order valence-corrected chi connectivity index (χ0v) is 16.2. The van der Waals surface area contributed by atoms with E-state index in [2.05, 4.69) is 28.2 Å². The normalized spacial score (nSPS) is 19.4. The molecule has 1 aliphatic rings. The Labute approximate surface area is 167 Å². The van der Waals surface area contributed by atoms with Gasteiger partial charge in [0.2, 0.25) is 0 Å². The van der Waals surface area contributed by atoms with Gasteiger partial charge in [-0.2, -0.15) is 0 Å². The minimum Gasteiger partial charge on any atom is -0.352 e. The van der Waals surface area contributed by atoms with Gasteiger partial charge in [0.15, 0.2) is 5.11 Å². The van der Waals surface area contributed by atoms with Gasteiger partial charge in [0.1, 0.15) is 5.82 Å². The fourth-order valence-corrected chi connectivity index (χ4v) is 4.12. The molecule has 4 rings (SSSR count). The summed E-state index contributed by atoms with van der Waals surface area (Å²) >= 11 is 11.6. The number of rotatable bonds is 4. The number of hydrogen-bond acceptors (Lipinski definition) is 2. The van der Waals surface area contributed by atoms with E-state index in [1.807, 2.05) is 35.0 Å². The van der Waals surface area contributed by atoms with Crippen molar-refractivity contribution >= 4 is 28.9 Å². The van der Waals surface area contributed by atoms with Crippen LogP contribution in [0.4, 0.5) is 4.39 Å². The first-order valence-corrected chi connectivity index (χ1v) is 9.49. The standard InChI is InChI=1S/C20H18ClFN4S/c1-2-25-19(18(24-20(25)27)16-6-3-4-10-23-16)17-7-5-11-26(17)13-8-9-15(22)14(21)12-13/h3-12,18-19H,2H2,1H3,(H,24,27)/t18-,19-/m0/s1. The average Bonchev–Trinajstić information content (AvgIpc) is 3.28. The summed E-state index contributed by atoms with van der Waals surface area (Å²) in [5.41, 5.74) is 2.75. The molecule has 0 unspecified atom stereocenters. The maximum absolute atomic E-state index is 13.6. The summed E-state index contributed by atoms with van der Waals surface area (Å²) in [4.78, 5) is 6.67. The second-order valence-corrected chi connectivity index (χ2v) is 7.11. The first kappa shape index (κ1) is 17.9. The molecule has 27 heavy (non-hydrogen) atoms. The average molecular weight is 401 g/mol. The Balaban J connectivity index is 1.81. The summed E-state index contributed by atoms with van der Waals surface area (Å²) in [5, 5.41) is 4.20. The van der Waals surface area contributed by atoms with Gasteiger partial charge in [-0.25, -0.2) is 4.39 Å². The highest BCUT2D eigenvalue weighted by atomic mass is 35.5. The Morgan fingerprint density at radius 3 is 2.78 bits per heavy atom. The molecule has 0 radical (unpaired) electrons. The Kier molecular flexibility index (Phi) is 4.85. The molecule has 2 aromatic heterocycles. The molecule has 1 fully saturated rings. The van der Waals surface area contributed by atoms with Crippen molar-refractivity contribution in [1.29, 1.82) is 0 Å².